The highest BCUT2D eigenvalue weighted by Gasteiger charge is 1.97. The van der Waals surface area contributed by atoms with Gasteiger partial charge in [-0.3, -0.25) is 0 Å². The Kier molecular flexibility index (Phi) is 2.20. The maximum Gasteiger partial charge on any atom is 0.0259 e. The van der Waals surface area contributed by atoms with Crippen LogP contribution in [0.4, 0.5) is 0 Å². The van der Waals surface area contributed by atoms with Crippen molar-refractivity contribution in [2.45, 2.75) is 0 Å². The molecular formula is C10H5Br2. The van der Waals surface area contributed by atoms with Crippen molar-refractivity contribution in [3.05, 3.63) is 45.3 Å². The molecular weight excluding hydrogens is 280 g/mol. The van der Waals surface area contributed by atoms with Gasteiger partial charge in [-0.05, 0) is 41.1 Å². The minimum Gasteiger partial charge on any atom is -0.0521 e. The Labute approximate surface area is 87.8 Å². The molecule has 0 saturated carbocycles. The number of halogens is 2. The third kappa shape index (κ3) is 1.41. The molecule has 2 heteroatoms. The van der Waals surface area contributed by atoms with E-state index in [4.69, 9.17) is 0 Å². The predicted molar refractivity (Wildman–Crippen MR) is 58.2 cm³/mol. The molecule has 0 nitrogen and oxygen atoms in total. The molecule has 0 unspecified atom stereocenters. The molecule has 0 fully saturated rings. The summed E-state index contributed by atoms with van der Waals surface area (Å²) in [6.45, 7) is 0. The number of hydrogen-bond donors (Lipinski definition) is 0. The number of benzene rings is 2. The lowest BCUT2D eigenvalue weighted by Gasteiger charge is -1.99. The van der Waals surface area contributed by atoms with E-state index >= 15 is 0 Å². The zero-order valence-corrected chi connectivity index (χ0v) is 9.31. The lowest BCUT2D eigenvalue weighted by atomic mass is 10.1. The summed E-state index contributed by atoms with van der Waals surface area (Å²) < 4.78 is 2.19. The molecule has 2 aromatic rings. The standard InChI is InChI=1S/C10H5Br2/c11-8-4-5-9-7(6-8)2-1-3-10(9)12/h2-6H. The first-order valence-corrected chi connectivity index (χ1v) is 5.11. The average molecular weight is 285 g/mol. The summed E-state index contributed by atoms with van der Waals surface area (Å²) in [5, 5.41) is 2.41. The second kappa shape index (κ2) is 3.19. The minimum absolute atomic E-state index is 1.09. The molecule has 0 N–H and O–H groups in total. The van der Waals surface area contributed by atoms with Crippen molar-refractivity contribution in [1.82, 2.24) is 0 Å². The monoisotopic (exact) mass is 283 g/mol. The Bertz CT molecular complexity index is 421. The van der Waals surface area contributed by atoms with E-state index in [1.165, 1.54) is 10.8 Å². The Morgan fingerprint density at radius 1 is 1.08 bits per heavy atom. The van der Waals surface area contributed by atoms with Gasteiger partial charge in [-0.15, -0.1) is 0 Å². The lowest BCUT2D eigenvalue weighted by Crippen LogP contribution is -1.73. The summed E-state index contributed by atoms with van der Waals surface area (Å²) >= 11 is 6.90. The van der Waals surface area contributed by atoms with Crippen LogP contribution in [0, 0.1) is 6.07 Å². The van der Waals surface area contributed by atoms with Crippen LogP contribution < -0.4 is 0 Å². The first-order valence-electron chi connectivity index (χ1n) is 3.52. The van der Waals surface area contributed by atoms with E-state index in [1.54, 1.807) is 0 Å². The van der Waals surface area contributed by atoms with Gasteiger partial charge in [0.15, 0.2) is 0 Å². The van der Waals surface area contributed by atoms with Crippen molar-refractivity contribution in [2.75, 3.05) is 0 Å². The van der Waals surface area contributed by atoms with Crippen molar-refractivity contribution in [2.24, 2.45) is 0 Å². The number of fused-ring (bicyclic) bond motifs is 1. The summed E-state index contributed by atoms with van der Waals surface area (Å²) in [7, 11) is 0. The third-order valence-electron chi connectivity index (χ3n) is 1.72. The molecule has 0 amide bonds. The van der Waals surface area contributed by atoms with Crippen molar-refractivity contribution in [3.8, 4) is 0 Å². The van der Waals surface area contributed by atoms with Crippen LogP contribution in [0.3, 0.4) is 0 Å². The molecule has 0 aliphatic carbocycles. The summed E-state index contributed by atoms with van der Waals surface area (Å²) in [5.41, 5.74) is 0. The normalized spacial score (nSPS) is 10.5. The molecule has 2 aromatic carbocycles. The molecule has 2 rings (SSSR count). The van der Waals surface area contributed by atoms with E-state index in [2.05, 4.69) is 50.1 Å². The van der Waals surface area contributed by atoms with Crippen LogP contribution in [0.5, 0.6) is 0 Å². The summed E-state index contributed by atoms with van der Waals surface area (Å²) in [6.07, 6.45) is 0. The number of hydrogen-bond acceptors (Lipinski definition) is 0. The van der Waals surface area contributed by atoms with Gasteiger partial charge in [-0.2, -0.15) is 0 Å². The van der Waals surface area contributed by atoms with E-state index < -0.39 is 0 Å². The van der Waals surface area contributed by atoms with Crippen molar-refractivity contribution >= 4 is 42.6 Å². The molecule has 0 aromatic heterocycles. The van der Waals surface area contributed by atoms with Crippen molar-refractivity contribution in [3.63, 3.8) is 0 Å². The molecule has 0 bridgehead atoms. The van der Waals surface area contributed by atoms with Gasteiger partial charge in [-0.25, -0.2) is 0 Å². The minimum atomic E-state index is 1.09. The molecule has 1 radical (unpaired) electrons. The quantitative estimate of drug-likeness (QED) is 0.681. The fraction of sp³-hybridized carbons (Fsp3) is 0. The fourth-order valence-corrected chi connectivity index (χ4v) is 2.02. The van der Waals surface area contributed by atoms with E-state index in [0.29, 0.717) is 0 Å². The van der Waals surface area contributed by atoms with Crippen LogP contribution in [0.1, 0.15) is 0 Å². The zero-order valence-electron chi connectivity index (χ0n) is 6.14. The maximum atomic E-state index is 3.47. The molecule has 0 aliphatic heterocycles. The molecule has 0 spiro atoms. The van der Waals surface area contributed by atoms with Gasteiger partial charge < -0.3 is 0 Å². The van der Waals surface area contributed by atoms with Gasteiger partial charge >= 0.3 is 0 Å². The molecule has 0 heterocycles. The van der Waals surface area contributed by atoms with Gasteiger partial charge in [0.1, 0.15) is 0 Å². The Morgan fingerprint density at radius 3 is 2.75 bits per heavy atom. The van der Waals surface area contributed by atoms with Crippen LogP contribution in [0.2, 0.25) is 0 Å². The second-order valence-electron chi connectivity index (χ2n) is 2.53. The van der Waals surface area contributed by atoms with Gasteiger partial charge in [0.25, 0.3) is 0 Å². The first-order chi connectivity index (χ1) is 5.77. The number of rotatable bonds is 0. The molecule has 0 aliphatic rings. The van der Waals surface area contributed by atoms with Crippen molar-refractivity contribution in [1.29, 1.82) is 0 Å². The maximum absolute atomic E-state index is 3.47. The second-order valence-corrected chi connectivity index (χ2v) is 4.30. The Hall–Kier alpha value is -0.340. The highest BCUT2D eigenvalue weighted by Crippen LogP contribution is 2.25. The van der Waals surface area contributed by atoms with Crippen molar-refractivity contribution < 1.29 is 0 Å². The molecule has 0 saturated heterocycles. The lowest BCUT2D eigenvalue weighted by molar-refractivity contribution is 1.67. The van der Waals surface area contributed by atoms with E-state index in [0.717, 1.165) is 8.95 Å². The highest BCUT2D eigenvalue weighted by atomic mass is 79.9. The Balaban J connectivity index is 2.86. The van der Waals surface area contributed by atoms with Crippen LogP contribution >= 0.6 is 31.9 Å². The third-order valence-corrected chi connectivity index (χ3v) is 2.87. The highest BCUT2D eigenvalue weighted by molar-refractivity contribution is 9.11. The Morgan fingerprint density at radius 2 is 1.92 bits per heavy atom. The van der Waals surface area contributed by atoms with E-state index in [1.807, 2.05) is 18.2 Å². The topological polar surface area (TPSA) is 0 Å². The average Bonchev–Trinajstić information content (AvgIpc) is 2.04. The van der Waals surface area contributed by atoms with Gasteiger partial charge in [0, 0.05) is 8.95 Å². The SMILES string of the molecule is Brc1ccc2c(Br)c[c]cc2c1. The predicted octanol–water partition coefficient (Wildman–Crippen LogP) is 4.16. The molecule has 12 heavy (non-hydrogen) atoms. The van der Waals surface area contributed by atoms with Crippen LogP contribution in [0.25, 0.3) is 10.8 Å². The van der Waals surface area contributed by atoms with Gasteiger partial charge in [0.2, 0.25) is 0 Å². The zero-order chi connectivity index (χ0) is 8.55. The van der Waals surface area contributed by atoms with Crippen LogP contribution in [0.15, 0.2) is 39.3 Å². The van der Waals surface area contributed by atoms with Crippen LogP contribution in [-0.2, 0) is 0 Å². The molecule has 0 atom stereocenters. The van der Waals surface area contributed by atoms with Gasteiger partial charge in [0.05, 0.1) is 0 Å². The summed E-state index contributed by atoms with van der Waals surface area (Å²) in [4.78, 5) is 0. The summed E-state index contributed by atoms with van der Waals surface area (Å²) in [6, 6.07) is 13.2. The van der Waals surface area contributed by atoms with Gasteiger partial charge in [-0.1, -0.05) is 37.9 Å². The summed E-state index contributed by atoms with van der Waals surface area (Å²) in [5.74, 6) is 0. The van der Waals surface area contributed by atoms with Crippen LogP contribution in [-0.4, -0.2) is 0 Å². The smallest absolute Gasteiger partial charge is 0.0259 e. The first kappa shape index (κ1) is 8.27. The van der Waals surface area contributed by atoms with E-state index in [9.17, 15) is 0 Å². The van der Waals surface area contributed by atoms with E-state index in [-0.39, 0.29) is 0 Å². The fourth-order valence-electron chi connectivity index (χ4n) is 1.15. The molecule has 59 valence electrons. The largest absolute Gasteiger partial charge is 0.0521 e.